The molecule has 0 bridgehead atoms. The van der Waals surface area contributed by atoms with Crippen molar-refractivity contribution in [2.45, 2.75) is 0 Å². The van der Waals surface area contributed by atoms with Gasteiger partial charge in [0.05, 0.1) is 11.9 Å². The SMILES string of the molecule is O=C(N/N=C/c1ccc(-c2ccccc2)cc1)c1ccc(-n2cnnn2)cc1. The Labute approximate surface area is 161 Å². The maximum absolute atomic E-state index is 12.2. The standard InChI is InChI=1S/C21H16N6O/c28-21(19-10-12-20(13-11-19)27-15-23-25-26-27)24-22-14-16-6-8-18(9-7-16)17-4-2-1-3-5-17/h1-15H,(H,24,28)/b22-14+. The number of nitrogens with one attached hydrogen (secondary N) is 1. The normalized spacial score (nSPS) is 10.9. The molecule has 0 aliphatic heterocycles. The lowest BCUT2D eigenvalue weighted by Gasteiger charge is -2.03. The molecule has 7 heteroatoms. The summed E-state index contributed by atoms with van der Waals surface area (Å²) in [6.07, 6.45) is 3.10. The van der Waals surface area contributed by atoms with Crippen LogP contribution in [0.5, 0.6) is 0 Å². The van der Waals surface area contributed by atoms with E-state index >= 15 is 0 Å². The summed E-state index contributed by atoms with van der Waals surface area (Å²) < 4.78 is 1.51. The molecule has 7 nitrogen and oxygen atoms in total. The minimum Gasteiger partial charge on any atom is -0.267 e. The minimum atomic E-state index is -0.291. The molecule has 1 heterocycles. The molecule has 4 rings (SSSR count). The van der Waals surface area contributed by atoms with Crippen molar-refractivity contribution in [1.82, 2.24) is 25.6 Å². The van der Waals surface area contributed by atoms with Gasteiger partial charge in [-0.1, -0.05) is 54.6 Å². The Morgan fingerprint density at radius 2 is 1.61 bits per heavy atom. The van der Waals surface area contributed by atoms with E-state index in [0.29, 0.717) is 5.56 Å². The van der Waals surface area contributed by atoms with Crippen LogP contribution in [0.3, 0.4) is 0 Å². The van der Waals surface area contributed by atoms with Crippen molar-refractivity contribution < 1.29 is 4.79 Å². The van der Waals surface area contributed by atoms with E-state index in [9.17, 15) is 4.79 Å². The van der Waals surface area contributed by atoms with Crippen LogP contribution in [0.25, 0.3) is 16.8 Å². The second-order valence-electron chi connectivity index (χ2n) is 5.99. The van der Waals surface area contributed by atoms with E-state index in [4.69, 9.17) is 0 Å². The van der Waals surface area contributed by atoms with Crippen molar-refractivity contribution in [1.29, 1.82) is 0 Å². The van der Waals surface area contributed by atoms with E-state index in [1.807, 2.05) is 42.5 Å². The summed E-state index contributed by atoms with van der Waals surface area (Å²) in [5, 5.41) is 15.0. The summed E-state index contributed by atoms with van der Waals surface area (Å²) in [4.78, 5) is 12.2. The highest BCUT2D eigenvalue weighted by Gasteiger charge is 2.05. The van der Waals surface area contributed by atoms with Gasteiger partial charge >= 0.3 is 0 Å². The third kappa shape index (κ3) is 3.99. The predicted octanol–water partition coefficient (Wildman–Crippen LogP) is 3.09. The first kappa shape index (κ1) is 17.3. The molecule has 0 aliphatic carbocycles. The number of aromatic nitrogens is 4. The summed E-state index contributed by atoms with van der Waals surface area (Å²) in [5.41, 5.74) is 6.98. The molecule has 0 atom stereocenters. The lowest BCUT2D eigenvalue weighted by atomic mass is 10.0. The first-order valence-corrected chi connectivity index (χ1v) is 8.62. The van der Waals surface area contributed by atoms with Gasteiger partial charge in [0.2, 0.25) is 0 Å². The molecule has 0 unspecified atom stereocenters. The van der Waals surface area contributed by atoms with Gasteiger partial charge in [0.25, 0.3) is 5.91 Å². The summed E-state index contributed by atoms with van der Waals surface area (Å²) in [6.45, 7) is 0. The first-order chi connectivity index (χ1) is 13.8. The van der Waals surface area contributed by atoms with E-state index in [1.54, 1.807) is 30.5 Å². The number of carbonyl (C=O) groups is 1. The largest absolute Gasteiger partial charge is 0.271 e. The average Bonchev–Trinajstić information content (AvgIpc) is 3.30. The van der Waals surface area contributed by atoms with Crippen LogP contribution in [0.15, 0.2) is 90.3 Å². The highest BCUT2D eigenvalue weighted by atomic mass is 16.2. The van der Waals surface area contributed by atoms with Gasteiger partial charge in [-0.2, -0.15) is 5.10 Å². The highest BCUT2D eigenvalue weighted by molar-refractivity contribution is 5.95. The van der Waals surface area contributed by atoms with Gasteiger partial charge in [0.1, 0.15) is 6.33 Å². The maximum Gasteiger partial charge on any atom is 0.271 e. The molecule has 0 radical (unpaired) electrons. The number of tetrazole rings is 1. The van der Waals surface area contributed by atoms with E-state index < -0.39 is 0 Å². The fourth-order valence-corrected chi connectivity index (χ4v) is 2.67. The van der Waals surface area contributed by atoms with Crippen LogP contribution < -0.4 is 5.43 Å². The molecule has 0 spiro atoms. The summed E-state index contributed by atoms with van der Waals surface area (Å²) >= 11 is 0. The zero-order chi connectivity index (χ0) is 19.2. The Kier molecular flexibility index (Phi) is 4.97. The van der Waals surface area contributed by atoms with Crippen LogP contribution in [-0.2, 0) is 0 Å². The molecule has 28 heavy (non-hydrogen) atoms. The molecule has 0 aliphatic rings. The number of hydrazone groups is 1. The quantitative estimate of drug-likeness (QED) is 0.433. The topological polar surface area (TPSA) is 85.1 Å². The van der Waals surface area contributed by atoms with Crippen molar-refractivity contribution in [3.05, 3.63) is 96.3 Å². The second-order valence-corrected chi connectivity index (χ2v) is 5.99. The van der Waals surface area contributed by atoms with Crippen LogP contribution >= 0.6 is 0 Å². The fourth-order valence-electron chi connectivity index (χ4n) is 2.67. The van der Waals surface area contributed by atoms with Gasteiger partial charge in [-0.3, -0.25) is 4.79 Å². The van der Waals surface area contributed by atoms with Crippen molar-refractivity contribution in [2.75, 3.05) is 0 Å². The van der Waals surface area contributed by atoms with E-state index in [1.165, 1.54) is 11.0 Å². The van der Waals surface area contributed by atoms with Crippen LogP contribution in [0.1, 0.15) is 15.9 Å². The number of amides is 1. The molecule has 0 fully saturated rings. The van der Waals surface area contributed by atoms with Gasteiger partial charge in [-0.25, -0.2) is 10.1 Å². The van der Waals surface area contributed by atoms with E-state index in [2.05, 4.69) is 38.2 Å². The summed E-state index contributed by atoms with van der Waals surface area (Å²) in [5.74, 6) is -0.291. The van der Waals surface area contributed by atoms with Crippen LogP contribution in [0, 0.1) is 0 Å². The molecule has 1 N–H and O–H groups in total. The number of benzene rings is 3. The number of hydrogen-bond donors (Lipinski definition) is 1. The van der Waals surface area contributed by atoms with Gasteiger partial charge < -0.3 is 0 Å². The molecule has 3 aromatic carbocycles. The number of hydrogen-bond acceptors (Lipinski definition) is 5. The molecular formula is C21H16N6O. The van der Waals surface area contributed by atoms with Crippen molar-refractivity contribution in [3.63, 3.8) is 0 Å². The van der Waals surface area contributed by atoms with Crippen LogP contribution in [0.4, 0.5) is 0 Å². The second kappa shape index (κ2) is 8.05. The Hall–Kier alpha value is -4.13. The zero-order valence-electron chi connectivity index (χ0n) is 14.8. The van der Waals surface area contributed by atoms with Crippen molar-refractivity contribution in [3.8, 4) is 16.8 Å². The Bertz CT molecular complexity index is 1070. The molecule has 136 valence electrons. The van der Waals surface area contributed by atoms with E-state index in [-0.39, 0.29) is 5.91 Å². The predicted molar refractivity (Wildman–Crippen MR) is 106 cm³/mol. The molecule has 0 saturated heterocycles. The fraction of sp³-hybridized carbons (Fsp3) is 0. The van der Waals surface area contributed by atoms with Gasteiger partial charge in [-0.05, 0) is 51.4 Å². The van der Waals surface area contributed by atoms with Crippen molar-refractivity contribution >= 4 is 12.1 Å². The van der Waals surface area contributed by atoms with Gasteiger partial charge in [0.15, 0.2) is 0 Å². The van der Waals surface area contributed by atoms with Gasteiger partial charge in [-0.15, -0.1) is 5.10 Å². The molecule has 1 amide bonds. The monoisotopic (exact) mass is 368 g/mol. The molecular weight excluding hydrogens is 352 g/mol. The Morgan fingerprint density at radius 3 is 2.29 bits per heavy atom. The Morgan fingerprint density at radius 1 is 0.893 bits per heavy atom. The lowest BCUT2D eigenvalue weighted by Crippen LogP contribution is -2.17. The number of carbonyl (C=O) groups excluding carboxylic acids is 1. The van der Waals surface area contributed by atoms with Gasteiger partial charge in [0, 0.05) is 5.56 Å². The smallest absolute Gasteiger partial charge is 0.267 e. The number of nitrogens with zero attached hydrogens (tertiary/aromatic N) is 5. The van der Waals surface area contributed by atoms with Crippen LogP contribution in [-0.4, -0.2) is 32.3 Å². The first-order valence-electron chi connectivity index (χ1n) is 8.62. The number of rotatable bonds is 5. The molecule has 4 aromatic rings. The molecule has 1 aromatic heterocycles. The third-order valence-corrected chi connectivity index (χ3v) is 4.14. The lowest BCUT2D eigenvalue weighted by molar-refractivity contribution is 0.0955. The minimum absolute atomic E-state index is 0.291. The van der Waals surface area contributed by atoms with Crippen LogP contribution in [0.2, 0.25) is 0 Å². The summed E-state index contributed by atoms with van der Waals surface area (Å²) in [7, 11) is 0. The zero-order valence-corrected chi connectivity index (χ0v) is 14.8. The van der Waals surface area contributed by atoms with Crippen molar-refractivity contribution in [2.24, 2.45) is 5.10 Å². The summed E-state index contributed by atoms with van der Waals surface area (Å²) in [6, 6.07) is 25.0. The Balaban J connectivity index is 1.37. The van der Waals surface area contributed by atoms with E-state index in [0.717, 1.165) is 22.4 Å². The highest BCUT2D eigenvalue weighted by Crippen LogP contribution is 2.18. The molecule has 0 saturated carbocycles. The third-order valence-electron chi connectivity index (χ3n) is 4.14. The average molecular weight is 368 g/mol. The maximum atomic E-state index is 12.2.